The molecule has 1 fully saturated rings. The molecule has 0 spiro atoms. The Morgan fingerprint density at radius 2 is 1.51 bits per heavy atom. The summed E-state index contributed by atoms with van der Waals surface area (Å²) in [6, 6.07) is 1.23. The second-order valence-corrected chi connectivity index (χ2v) is 9.24. The number of rotatable bonds is 12. The molecule has 0 aliphatic carbocycles. The molecule has 3 unspecified atom stereocenters. The highest BCUT2D eigenvalue weighted by Gasteiger charge is 2.35. The first-order valence-corrected chi connectivity index (χ1v) is 14.6. The van der Waals surface area contributed by atoms with Crippen LogP contribution in [0.15, 0.2) is 21.9 Å². The van der Waals surface area contributed by atoms with Crippen molar-refractivity contribution in [2.75, 3.05) is 33.7 Å². The molecule has 17 heteroatoms. The van der Waals surface area contributed by atoms with Gasteiger partial charge in [0.1, 0.15) is 6.23 Å². The van der Waals surface area contributed by atoms with Crippen molar-refractivity contribution >= 4 is 32.5 Å². The highest BCUT2D eigenvalue weighted by atomic mass is 35.5. The summed E-state index contributed by atoms with van der Waals surface area (Å²) in [7, 11) is -1.13. The number of hydrogen-bond donors (Lipinski definition) is 2. The van der Waals surface area contributed by atoms with E-state index in [0.29, 0.717) is 6.42 Å². The second kappa shape index (κ2) is 24.3. The molecule has 2 N–H and O–H groups in total. The van der Waals surface area contributed by atoms with Gasteiger partial charge in [-0.05, 0) is 34.1 Å². The molecule has 1 aromatic heterocycles. The van der Waals surface area contributed by atoms with Crippen LogP contribution in [0, 0.1) is 5.92 Å². The summed E-state index contributed by atoms with van der Waals surface area (Å²) < 4.78 is 42.7. The molecular formula is C24H44ClN2O13P. The molecule has 2 rings (SSSR count). The highest BCUT2D eigenvalue weighted by Crippen LogP contribution is 2.42. The molecule has 1 aliphatic heterocycles. The van der Waals surface area contributed by atoms with E-state index >= 15 is 0 Å². The number of carbonyl (C=O) groups excluding carboxylic acids is 2. The fourth-order valence-corrected chi connectivity index (χ4v) is 3.73. The Hall–Kier alpha value is -2.26. The quantitative estimate of drug-likeness (QED) is 0.144. The molecule has 0 radical (unpaired) electrons. The van der Waals surface area contributed by atoms with Crippen LogP contribution in [-0.2, 0) is 37.3 Å². The van der Waals surface area contributed by atoms with Crippen molar-refractivity contribution in [3.63, 3.8) is 0 Å². The van der Waals surface area contributed by atoms with E-state index < -0.39 is 58.1 Å². The van der Waals surface area contributed by atoms with Crippen molar-refractivity contribution in [3.8, 4) is 0 Å². The van der Waals surface area contributed by atoms with Gasteiger partial charge in [0, 0.05) is 31.7 Å². The molecule has 3 atom stereocenters. The van der Waals surface area contributed by atoms with E-state index in [1.165, 1.54) is 23.2 Å². The molecule has 0 amide bonds. The molecule has 1 saturated heterocycles. The summed E-state index contributed by atoms with van der Waals surface area (Å²) in [5.74, 6) is -0.0662. The zero-order valence-electron chi connectivity index (χ0n) is 25.0. The molecule has 1 aliphatic rings. The van der Waals surface area contributed by atoms with Crippen molar-refractivity contribution < 1.29 is 52.0 Å². The molecule has 0 saturated carbocycles. The fraction of sp³-hybridized carbons (Fsp3) is 0.750. The van der Waals surface area contributed by atoms with Gasteiger partial charge in [-0.1, -0.05) is 20.8 Å². The third-order valence-corrected chi connectivity index (χ3v) is 5.27. The second-order valence-electron chi connectivity index (χ2n) is 8.01. The van der Waals surface area contributed by atoms with Crippen molar-refractivity contribution in [1.29, 1.82) is 0 Å². The van der Waals surface area contributed by atoms with Crippen molar-refractivity contribution in [3.05, 3.63) is 33.1 Å². The van der Waals surface area contributed by atoms with E-state index in [0.717, 1.165) is 7.11 Å². The largest absolute Gasteiger partial charge is 0.510 e. The molecule has 0 bridgehead atoms. The summed E-state index contributed by atoms with van der Waals surface area (Å²) in [4.78, 5) is 48.6. The van der Waals surface area contributed by atoms with E-state index in [9.17, 15) is 19.2 Å². The van der Waals surface area contributed by atoms with Gasteiger partial charge in [0.05, 0.1) is 24.9 Å². The Kier molecular flexibility index (Phi) is 24.3. The Morgan fingerprint density at radius 1 is 1.02 bits per heavy atom. The first kappa shape index (κ1) is 40.9. The maximum atomic E-state index is 12.1. The Morgan fingerprint density at radius 3 is 1.95 bits per heavy atom. The standard InChI is InChI=1S/C20H31N2O12P.C2H6.CH3Cl.CH4O/c1-12(2)32-19(25)27-10-30-35(31-11-28-20(26)33-13(3)4)29-9-15-8-14(5)17(34-15)22-7-6-16(23)21-18(22)24;3*1-2/h6-7,12-15,17H,8-11H2,1-5H3,(H,21,23,24);1-2H3;1H3;2H,1H3. The van der Waals surface area contributed by atoms with Crippen LogP contribution < -0.4 is 11.2 Å². The number of halogens is 1. The number of H-pyrrole nitrogens is 1. The number of hydrogen-bond acceptors (Lipinski definition) is 13. The van der Waals surface area contributed by atoms with Crippen LogP contribution in [-0.4, -0.2) is 79.0 Å². The smallest absolute Gasteiger partial charge is 0.432 e. The van der Waals surface area contributed by atoms with Crippen molar-refractivity contribution in [2.45, 2.75) is 79.4 Å². The lowest BCUT2D eigenvalue weighted by Crippen LogP contribution is -2.33. The van der Waals surface area contributed by atoms with Gasteiger partial charge in [-0.25, -0.2) is 14.4 Å². The average Bonchev–Trinajstić information content (AvgIpc) is 3.29. The molecule has 1 aromatic rings. The summed E-state index contributed by atoms with van der Waals surface area (Å²) in [6.45, 7) is 11.4. The van der Waals surface area contributed by atoms with Crippen LogP contribution in [0.1, 0.15) is 61.1 Å². The summed E-state index contributed by atoms with van der Waals surface area (Å²) in [5.41, 5.74) is -1.09. The first-order chi connectivity index (χ1) is 19.5. The zero-order chi connectivity index (χ0) is 32.0. The Bertz CT molecular complexity index is 917. The molecule has 0 aromatic carbocycles. The number of alkyl halides is 1. The number of nitrogens with zero attached hydrogens (tertiary/aromatic N) is 1. The molecule has 41 heavy (non-hydrogen) atoms. The number of ether oxygens (including phenoxy) is 5. The van der Waals surface area contributed by atoms with Crippen molar-refractivity contribution in [1.82, 2.24) is 9.55 Å². The van der Waals surface area contributed by atoms with E-state index in [2.05, 4.69) is 16.6 Å². The van der Waals surface area contributed by atoms with Crippen LogP contribution >= 0.6 is 20.2 Å². The normalized spacial score (nSPS) is 17.4. The first-order valence-electron chi connectivity index (χ1n) is 12.7. The van der Waals surface area contributed by atoms with E-state index in [1.807, 2.05) is 20.8 Å². The zero-order valence-corrected chi connectivity index (χ0v) is 26.6. The SMILES string of the molecule is CC.CC(C)OC(=O)OCOP(OCOC(=O)OC(C)C)OCC1CC(C)C(n2ccc(=O)[nH]c2=O)O1.CCl.CO. The molecule has 15 nitrogen and oxygen atoms in total. The lowest BCUT2D eigenvalue weighted by Gasteiger charge is -2.20. The predicted octanol–water partition coefficient (Wildman–Crippen LogP) is 4.26. The van der Waals surface area contributed by atoms with E-state index in [-0.39, 0.29) is 24.7 Å². The third-order valence-electron chi connectivity index (χ3n) is 4.28. The van der Waals surface area contributed by atoms with Crippen LogP contribution in [0.4, 0.5) is 9.59 Å². The Labute approximate surface area is 246 Å². The number of aromatic nitrogens is 2. The summed E-state index contributed by atoms with van der Waals surface area (Å²) in [5, 5.41) is 7.00. The van der Waals surface area contributed by atoms with E-state index in [1.54, 1.807) is 27.7 Å². The lowest BCUT2D eigenvalue weighted by molar-refractivity contribution is -0.0507. The number of nitrogens with one attached hydrogen (secondary N) is 1. The molecular weight excluding hydrogens is 591 g/mol. The van der Waals surface area contributed by atoms with Gasteiger partial charge in [0.15, 0.2) is 0 Å². The molecule has 240 valence electrons. The Balaban J connectivity index is 0. The van der Waals surface area contributed by atoms with Crippen LogP contribution in [0.3, 0.4) is 0 Å². The monoisotopic (exact) mass is 634 g/mol. The van der Waals surface area contributed by atoms with Gasteiger partial charge in [-0.15, -0.1) is 11.6 Å². The van der Waals surface area contributed by atoms with Gasteiger partial charge in [0.2, 0.25) is 13.6 Å². The maximum absolute atomic E-state index is 12.1. The van der Waals surface area contributed by atoms with Gasteiger partial charge in [0.25, 0.3) is 5.56 Å². The number of aromatic amines is 1. The van der Waals surface area contributed by atoms with Gasteiger partial charge in [-0.3, -0.25) is 23.4 Å². The van der Waals surface area contributed by atoms with Gasteiger partial charge in [-0.2, -0.15) is 0 Å². The van der Waals surface area contributed by atoms with Crippen LogP contribution in [0.25, 0.3) is 0 Å². The topological polar surface area (TPSA) is 183 Å². The number of carbonyl (C=O) groups is 2. The number of aliphatic hydroxyl groups is 1. The minimum atomic E-state index is -2.13. The third kappa shape index (κ3) is 18.0. The maximum Gasteiger partial charge on any atom is 0.510 e. The van der Waals surface area contributed by atoms with Crippen LogP contribution in [0.2, 0.25) is 0 Å². The van der Waals surface area contributed by atoms with Gasteiger partial charge >= 0.3 is 26.6 Å². The number of aliphatic hydroxyl groups excluding tert-OH is 1. The molecule has 2 heterocycles. The average molecular weight is 635 g/mol. The fourth-order valence-electron chi connectivity index (χ4n) is 2.94. The van der Waals surface area contributed by atoms with Crippen molar-refractivity contribution in [2.24, 2.45) is 5.92 Å². The predicted molar refractivity (Wildman–Crippen MR) is 150 cm³/mol. The minimum absolute atomic E-state index is 0.00245. The lowest BCUT2D eigenvalue weighted by atomic mass is 10.1. The minimum Gasteiger partial charge on any atom is -0.432 e. The van der Waals surface area contributed by atoms with E-state index in [4.69, 9.17) is 42.4 Å². The summed E-state index contributed by atoms with van der Waals surface area (Å²) >= 11 is 4.64. The van der Waals surface area contributed by atoms with Crippen LogP contribution in [0.5, 0.6) is 0 Å². The summed E-state index contributed by atoms with van der Waals surface area (Å²) in [6.07, 6.45) is -0.293. The van der Waals surface area contributed by atoms with Gasteiger partial charge < -0.3 is 33.3 Å². The highest BCUT2D eigenvalue weighted by molar-refractivity contribution is 7.41.